The topological polar surface area (TPSA) is 32.3 Å². The van der Waals surface area contributed by atoms with Gasteiger partial charge in [-0.1, -0.05) is 12.8 Å². The maximum atomic E-state index is 8.78. The zero-order chi connectivity index (χ0) is 7.45. The molecule has 0 aromatic carbocycles. The van der Waals surface area contributed by atoms with Crippen molar-refractivity contribution in [2.24, 2.45) is 0 Å². The SMILES string of the molecule is CNC1(CCO)CCCC1. The molecule has 0 aromatic heterocycles. The molecular weight excluding hydrogens is 126 g/mol. The van der Waals surface area contributed by atoms with Gasteiger partial charge in [0.1, 0.15) is 0 Å². The van der Waals surface area contributed by atoms with E-state index in [1.807, 2.05) is 7.05 Å². The molecule has 1 aliphatic rings. The van der Waals surface area contributed by atoms with Gasteiger partial charge in [0.2, 0.25) is 0 Å². The van der Waals surface area contributed by atoms with Crippen molar-refractivity contribution in [1.29, 1.82) is 0 Å². The Labute approximate surface area is 62.6 Å². The van der Waals surface area contributed by atoms with E-state index in [2.05, 4.69) is 5.32 Å². The van der Waals surface area contributed by atoms with Crippen molar-refractivity contribution < 1.29 is 5.11 Å². The van der Waals surface area contributed by atoms with Crippen LogP contribution >= 0.6 is 0 Å². The summed E-state index contributed by atoms with van der Waals surface area (Å²) in [6.45, 7) is 0.320. The largest absolute Gasteiger partial charge is 0.396 e. The monoisotopic (exact) mass is 143 g/mol. The number of hydrogen-bond donors (Lipinski definition) is 2. The average Bonchev–Trinajstić information content (AvgIpc) is 2.39. The lowest BCUT2D eigenvalue weighted by Crippen LogP contribution is -2.40. The van der Waals surface area contributed by atoms with Crippen LogP contribution < -0.4 is 5.32 Å². The van der Waals surface area contributed by atoms with Gasteiger partial charge in [0.15, 0.2) is 0 Å². The summed E-state index contributed by atoms with van der Waals surface area (Å²) in [5.74, 6) is 0. The minimum atomic E-state index is 0.286. The zero-order valence-corrected chi connectivity index (χ0v) is 6.69. The van der Waals surface area contributed by atoms with Crippen molar-refractivity contribution >= 4 is 0 Å². The molecule has 0 aliphatic heterocycles. The van der Waals surface area contributed by atoms with Crippen molar-refractivity contribution in [1.82, 2.24) is 5.32 Å². The number of hydrogen-bond acceptors (Lipinski definition) is 2. The first kappa shape index (κ1) is 8.02. The molecular formula is C8H17NO. The first-order valence-corrected chi connectivity index (χ1v) is 4.13. The van der Waals surface area contributed by atoms with Gasteiger partial charge in [-0.15, -0.1) is 0 Å². The highest BCUT2D eigenvalue weighted by Crippen LogP contribution is 2.31. The number of aliphatic hydroxyl groups excluding tert-OH is 1. The van der Waals surface area contributed by atoms with Crippen molar-refractivity contribution in [2.75, 3.05) is 13.7 Å². The van der Waals surface area contributed by atoms with Gasteiger partial charge in [-0.3, -0.25) is 0 Å². The van der Waals surface area contributed by atoms with Crippen LogP contribution in [0.5, 0.6) is 0 Å². The molecule has 1 fully saturated rings. The maximum Gasteiger partial charge on any atom is 0.0448 e. The molecule has 0 unspecified atom stereocenters. The Morgan fingerprint density at radius 2 is 2.00 bits per heavy atom. The summed E-state index contributed by atoms with van der Waals surface area (Å²) in [6.07, 6.45) is 6.04. The third-order valence-corrected chi connectivity index (χ3v) is 2.68. The predicted molar refractivity (Wildman–Crippen MR) is 42.0 cm³/mol. The van der Waals surface area contributed by atoms with Gasteiger partial charge in [-0.05, 0) is 26.3 Å². The van der Waals surface area contributed by atoms with Crippen LogP contribution in [0.4, 0.5) is 0 Å². The molecule has 60 valence electrons. The molecule has 0 aromatic rings. The first-order valence-electron chi connectivity index (χ1n) is 4.13. The molecule has 0 radical (unpaired) electrons. The van der Waals surface area contributed by atoms with E-state index < -0.39 is 0 Å². The fourth-order valence-corrected chi connectivity index (χ4v) is 1.89. The molecule has 2 heteroatoms. The second kappa shape index (κ2) is 3.35. The van der Waals surface area contributed by atoms with E-state index in [1.165, 1.54) is 25.7 Å². The van der Waals surface area contributed by atoms with Gasteiger partial charge in [-0.25, -0.2) is 0 Å². The van der Waals surface area contributed by atoms with E-state index >= 15 is 0 Å². The molecule has 1 saturated carbocycles. The molecule has 0 heterocycles. The zero-order valence-electron chi connectivity index (χ0n) is 6.69. The van der Waals surface area contributed by atoms with E-state index in [-0.39, 0.29) is 5.54 Å². The number of aliphatic hydroxyl groups is 1. The summed E-state index contributed by atoms with van der Waals surface area (Å²) in [5.41, 5.74) is 0.286. The summed E-state index contributed by atoms with van der Waals surface area (Å²) < 4.78 is 0. The van der Waals surface area contributed by atoms with E-state index in [1.54, 1.807) is 0 Å². The Bertz CT molecular complexity index is 97.4. The van der Waals surface area contributed by atoms with Gasteiger partial charge in [0.25, 0.3) is 0 Å². The van der Waals surface area contributed by atoms with Crippen LogP contribution in [-0.4, -0.2) is 24.3 Å². The molecule has 0 bridgehead atoms. The highest BCUT2D eigenvalue weighted by atomic mass is 16.3. The Kier molecular flexibility index (Phi) is 2.69. The molecule has 2 nitrogen and oxygen atoms in total. The highest BCUT2D eigenvalue weighted by molar-refractivity contribution is 4.90. The fraction of sp³-hybridized carbons (Fsp3) is 1.00. The fourth-order valence-electron chi connectivity index (χ4n) is 1.89. The van der Waals surface area contributed by atoms with E-state index in [0.29, 0.717) is 6.61 Å². The minimum Gasteiger partial charge on any atom is -0.396 e. The van der Waals surface area contributed by atoms with E-state index in [0.717, 1.165) is 6.42 Å². The van der Waals surface area contributed by atoms with Crippen LogP contribution in [0.15, 0.2) is 0 Å². The molecule has 2 N–H and O–H groups in total. The third kappa shape index (κ3) is 1.50. The van der Waals surface area contributed by atoms with Crippen molar-refractivity contribution in [2.45, 2.75) is 37.6 Å². The Hall–Kier alpha value is -0.0800. The normalized spacial score (nSPS) is 23.4. The van der Waals surface area contributed by atoms with Crippen LogP contribution in [0.2, 0.25) is 0 Å². The smallest absolute Gasteiger partial charge is 0.0448 e. The molecule has 0 amide bonds. The summed E-state index contributed by atoms with van der Waals surface area (Å²) in [5, 5.41) is 12.1. The lowest BCUT2D eigenvalue weighted by molar-refractivity contribution is 0.218. The standard InChI is InChI=1S/C8H17NO/c1-9-8(6-7-10)4-2-3-5-8/h9-10H,2-7H2,1H3. The first-order chi connectivity index (χ1) is 4.83. The Morgan fingerprint density at radius 1 is 1.40 bits per heavy atom. The Morgan fingerprint density at radius 3 is 2.40 bits per heavy atom. The third-order valence-electron chi connectivity index (χ3n) is 2.68. The van der Waals surface area contributed by atoms with Crippen LogP contribution in [-0.2, 0) is 0 Å². The van der Waals surface area contributed by atoms with E-state index in [9.17, 15) is 0 Å². The minimum absolute atomic E-state index is 0.286. The summed E-state index contributed by atoms with van der Waals surface area (Å²) in [7, 11) is 2.00. The quantitative estimate of drug-likeness (QED) is 0.615. The molecule has 0 saturated heterocycles. The second-order valence-electron chi connectivity index (χ2n) is 3.21. The maximum absolute atomic E-state index is 8.78. The van der Waals surface area contributed by atoms with Gasteiger partial charge >= 0.3 is 0 Å². The van der Waals surface area contributed by atoms with Crippen molar-refractivity contribution in [3.63, 3.8) is 0 Å². The molecule has 1 aliphatic carbocycles. The highest BCUT2D eigenvalue weighted by Gasteiger charge is 2.30. The van der Waals surface area contributed by atoms with Crippen molar-refractivity contribution in [3.8, 4) is 0 Å². The molecule has 0 atom stereocenters. The molecule has 1 rings (SSSR count). The van der Waals surface area contributed by atoms with Crippen LogP contribution in [0, 0.1) is 0 Å². The van der Waals surface area contributed by atoms with E-state index in [4.69, 9.17) is 5.11 Å². The van der Waals surface area contributed by atoms with Gasteiger partial charge in [-0.2, -0.15) is 0 Å². The number of nitrogens with one attached hydrogen (secondary N) is 1. The second-order valence-corrected chi connectivity index (χ2v) is 3.21. The van der Waals surface area contributed by atoms with Crippen molar-refractivity contribution in [3.05, 3.63) is 0 Å². The Balaban J connectivity index is 2.41. The average molecular weight is 143 g/mol. The van der Waals surface area contributed by atoms with Crippen LogP contribution in [0.3, 0.4) is 0 Å². The molecule has 10 heavy (non-hydrogen) atoms. The van der Waals surface area contributed by atoms with Gasteiger partial charge < -0.3 is 10.4 Å². The van der Waals surface area contributed by atoms with Crippen LogP contribution in [0.25, 0.3) is 0 Å². The van der Waals surface area contributed by atoms with Gasteiger partial charge in [0.05, 0.1) is 0 Å². The van der Waals surface area contributed by atoms with Crippen LogP contribution in [0.1, 0.15) is 32.1 Å². The molecule has 0 spiro atoms. The summed E-state index contributed by atoms with van der Waals surface area (Å²) in [6, 6.07) is 0. The lowest BCUT2D eigenvalue weighted by Gasteiger charge is -2.27. The van der Waals surface area contributed by atoms with Gasteiger partial charge in [0, 0.05) is 12.1 Å². The summed E-state index contributed by atoms with van der Waals surface area (Å²) >= 11 is 0. The summed E-state index contributed by atoms with van der Waals surface area (Å²) in [4.78, 5) is 0. The lowest BCUT2D eigenvalue weighted by atomic mass is 9.94. The predicted octanol–water partition coefficient (Wildman–Crippen LogP) is 0.901. The number of rotatable bonds is 3.